The first-order chi connectivity index (χ1) is 8.25. The van der Waals surface area contributed by atoms with Crippen LogP contribution in [0.3, 0.4) is 0 Å². The standard InChI is InChI=1S/C12H15NO3S/c14-12(15)9-3-4-11(13-8-9)17-7-5-10-2-1-6-16-10/h3-4,8,10H,1-2,5-7H2,(H,14,15). The molecule has 1 unspecified atom stereocenters. The van der Waals surface area contributed by atoms with E-state index in [2.05, 4.69) is 4.98 Å². The van der Waals surface area contributed by atoms with Crippen molar-refractivity contribution >= 4 is 17.7 Å². The van der Waals surface area contributed by atoms with Crippen LogP contribution in [0, 0.1) is 0 Å². The van der Waals surface area contributed by atoms with Gasteiger partial charge in [0.15, 0.2) is 0 Å². The Morgan fingerprint density at radius 2 is 2.47 bits per heavy atom. The molecule has 0 spiro atoms. The summed E-state index contributed by atoms with van der Waals surface area (Å²) in [6.45, 7) is 0.890. The summed E-state index contributed by atoms with van der Waals surface area (Å²) >= 11 is 1.64. The SMILES string of the molecule is O=C(O)c1ccc(SCCC2CCCO2)nc1. The highest BCUT2D eigenvalue weighted by Crippen LogP contribution is 2.21. The van der Waals surface area contributed by atoms with E-state index in [1.54, 1.807) is 23.9 Å². The third-order valence-corrected chi connectivity index (χ3v) is 3.67. The lowest BCUT2D eigenvalue weighted by Crippen LogP contribution is -2.05. The lowest BCUT2D eigenvalue weighted by Gasteiger charge is -2.07. The van der Waals surface area contributed by atoms with Crippen molar-refractivity contribution in [3.8, 4) is 0 Å². The van der Waals surface area contributed by atoms with E-state index in [9.17, 15) is 4.79 Å². The van der Waals surface area contributed by atoms with Crippen molar-refractivity contribution in [2.75, 3.05) is 12.4 Å². The maximum Gasteiger partial charge on any atom is 0.337 e. The van der Waals surface area contributed by atoms with E-state index in [-0.39, 0.29) is 5.56 Å². The highest BCUT2D eigenvalue weighted by molar-refractivity contribution is 7.99. The van der Waals surface area contributed by atoms with Crippen molar-refractivity contribution in [3.63, 3.8) is 0 Å². The molecule has 2 rings (SSSR count). The normalized spacial score (nSPS) is 19.4. The summed E-state index contributed by atoms with van der Waals surface area (Å²) in [5, 5.41) is 9.60. The van der Waals surface area contributed by atoms with Crippen LogP contribution in [-0.4, -0.2) is 34.5 Å². The van der Waals surface area contributed by atoms with Gasteiger partial charge >= 0.3 is 5.97 Å². The second-order valence-corrected chi connectivity index (χ2v) is 5.08. The quantitative estimate of drug-likeness (QED) is 0.817. The number of ether oxygens (including phenoxy) is 1. The van der Waals surface area contributed by atoms with Crippen molar-refractivity contribution in [1.82, 2.24) is 4.98 Å². The molecule has 0 bridgehead atoms. The largest absolute Gasteiger partial charge is 0.478 e. The van der Waals surface area contributed by atoms with Crippen LogP contribution in [0.15, 0.2) is 23.4 Å². The van der Waals surface area contributed by atoms with E-state index in [0.717, 1.165) is 30.2 Å². The summed E-state index contributed by atoms with van der Waals surface area (Å²) in [6, 6.07) is 3.34. The lowest BCUT2D eigenvalue weighted by molar-refractivity contribution is 0.0696. The topological polar surface area (TPSA) is 59.4 Å². The molecular formula is C12H15NO3S. The number of hydrogen-bond donors (Lipinski definition) is 1. The predicted octanol–water partition coefficient (Wildman–Crippen LogP) is 2.44. The summed E-state index contributed by atoms with van der Waals surface area (Å²) < 4.78 is 5.53. The highest BCUT2D eigenvalue weighted by Gasteiger charge is 2.14. The van der Waals surface area contributed by atoms with Crippen molar-refractivity contribution in [3.05, 3.63) is 23.9 Å². The third-order valence-electron chi connectivity index (χ3n) is 2.70. The van der Waals surface area contributed by atoms with Gasteiger partial charge < -0.3 is 9.84 Å². The minimum Gasteiger partial charge on any atom is -0.478 e. The first kappa shape index (κ1) is 12.4. The Hall–Kier alpha value is -1.07. The Balaban J connectivity index is 1.76. The number of thioether (sulfide) groups is 1. The summed E-state index contributed by atoms with van der Waals surface area (Å²) in [7, 11) is 0. The summed E-state index contributed by atoms with van der Waals surface area (Å²) in [5.74, 6) is 0.0257. The van der Waals surface area contributed by atoms with Gasteiger partial charge in [0.2, 0.25) is 0 Å². The smallest absolute Gasteiger partial charge is 0.337 e. The number of aromatic carboxylic acids is 1. The molecule has 0 aliphatic carbocycles. The molecule has 1 aliphatic heterocycles. The van der Waals surface area contributed by atoms with E-state index < -0.39 is 5.97 Å². The highest BCUT2D eigenvalue weighted by atomic mass is 32.2. The van der Waals surface area contributed by atoms with Gasteiger partial charge in [-0.3, -0.25) is 0 Å². The van der Waals surface area contributed by atoms with Gasteiger partial charge in [-0.15, -0.1) is 11.8 Å². The minimum atomic E-state index is -0.937. The van der Waals surface area contributed by atoms with E-state index >= 15 is 0 Å². The number of carbonyl (C=O) groups is 1. The van der Waals surface area contributed by atoms with Crippen molar-refractivity contribution in [2.24, 2.45) is 0 Å². The number of hydrogen-bond acceptors (Lipinski definition) is 4. The molecule has 0 radical (unpaired) electrons. The lowest BCUT2D eigenvalue weighted by atomic mass is 10.2. The van der Waals surface area contributed by atoms with Crippen LogP contribution in [0.25, 0.3) is 0 Å². The number of nitrogens with zero attached hydrogens (tertiary/aromatic N) is 1. The van der Waals surface area contributed by atoms with Crippen LogP contribution in [0.2, 0.25) is 0 Å². The van der Waals surface area contributed by atoms with Gasteiger partial charge in [0.1, 0.15) is 0 Å². The van der Waals surface area contributed by atoms with Gasteiger partial charge in [0, 0.05) is 18.6 Å². The molecule has 1 aliphatic rings. The molecule has 0 saturated carbocycles. The Labute approximate surface area is 104 Å². The van der Waals surface area contributed by atoms with Crippen LogP contribution in [0.5, 0.6) is 0 Å². The Bertz CT molecular complexity index is 374. The third kappa shape index (κ3) is 3.71. The Morgan fingerprint density at radius 3 is 3.06 bits per heavy atom. The van der Waals surface area contributed by atoms with Gasteiger partial charge in [0.25, 0.3) is 0 Å². The number of carboxylic acid groups (broad SMARTS) is 1. The molecule has 1 fully saturated rings. The van der Waals surface area contributed by atoms with Gasteiger partial charge in [-0.05, 0) is 31.4 Å². The first-order valence-corrected chi connectivity index (χ1v) is 6.68. The van der Waals surface area contributed by atoms with Gasteiger partial charge in [-0.2, -0.15) is 0 Å². The number of pyridine rings is 1. The molecule has 4 nitrogen and oxygen atoms in total. The van der Waals surface area contributed by atoms with Crippen LogP contribution in [0.4, 0.5) is 0 Å². The molecule has 5 heteroatoms. The fraction of sp³-hybridized carbons (Fsp3) is 0.500. The average molecular weight is 253 g/mol. The number of rotatable bonds is 5. The van der Waals surface area contributed by atoms with Crippen LogP contribution >= 0.6 is 11.8 Å². The second kappa shape index (κ2) is 6.02. The van der Waals surface area contributed by atoms with E-state index in [1.165, 1.54) is 12.6 Å². The summed E-state index contributed by atoms with van der Waals surface area (Å²) in [4.78, 5) is 14.7. The molecule has 1 aromatic heterocycles. The molecule has 17 heavy (non-hydrogen) atoms. The first-order valence-electron chi connectivity index (χ1n) is 5.69. The van der Waals surface area contributed by atoms with E-state index in [0.29, 0.717) is 6.10 Å². The fourth-order valence-corrected chi connectivity index (χ4v) is 2.64. The predicted molar refractivity (Wildman–Crippen MR) is 65.5 cm³/mol. The summed E-state index contributed by atoms with van der Waals surface area (Å²) in [6.07, 6.45) is 5.16. The molecule has 1 N–H and O–H groups in total. The maximum atomic E-state index is 10.6. The zero-order valence-electron chi connectivity index (χ0n) is 9.46. The average Bonchev–Trinajstić information content (AvgIpc) is 2.83. The molecular weight excluding hydrogens is 238 g/mol. The monoisotopic (exact) mass is 253 g/mol. The summed E-state index contributed by atoms with van der Waals surface area (Å²) in [5.41, 5.74) is 0.230. The zero-order chi connectivity index (χ0) is 12.1. The van der Waals surface area contributed by atoms with E-state index in [4.69, 9.17) is 9.84 Å². The number of carboxylic acids is 1. The molecule has 1 saturated heterocycles. The molecule has 1 atom stereocenters. The molecule has 0 amide bonds. The van der Waals surface area contributed by atoms with Gasteiger partial charge in [-0.1, -0.05) is 0 Å². The van der Waals surface area contributed by atoms with Crippen LogP contribution in [-0.2, 0) is 4.74 Å². The second-order valence-electron chi connectivity index (χ2n) is 3.96. The van der Waals surface area contributed by atoms with Gasteiger partial charge in [0.05, 0.1) is 16.7 Å². The molecule has 0 aromatic carbocycles. The van der Waals surface area contributed by atoms with Crippen molar-refractivity contribution in [1.29, 1.82) is 0 Å². The fourth-order valence-electron chi connectivity index (χ4n) is 1.76. The van der Waals surface area contributed by atoms with E-state index in [1.807, 2.05) is 0 Å². The van der Waals surface area contributed by atoms with Crippen LogP contribution < -0.4 is 0 Å². The number of aromatic nitrogens is 1. The Morgan fingerprint density at radius 1 is 1.59 bits per heavy atom. The maximum absolute atomic E-state index is 10.6. The Kier molecular flexibility index (Phi) is 4.39. The van der Waals surface area contributed by atoms with Crippen molar-refractivity contribution in [2.45, 2.75) is 30.4 Å². The molecule has 92 valence electrons. The molecule has 1 aromatic rings. The van der Waals surface area contributed by atoms with Gasteiger partial charge in [-0.25, -0.2) is 9.78 Å². The van der Waals surface area contributed by atoms with Crippen LogP contribution in [0.1, 0.15) is 29.6 Å². The minimum absolute atomic E-state index is 0.230. The molecule has 2 heterocycles. The zero-order valence-corrected chi connectivity index (χ0v) is 10.3. The van der Waals surface area contributed by atoms with Crippen molar-refractivity contribution < 1.29 is 14.6 Å².